The first-order valence-corrected chi connectivity index (χ1v) is 12.1. The van der Waals surface area contributed by atoms with Crippen LogP contribution in [-0.2, 0) is 9.59 Å². The molecule has 2 saturated carbocycles. The fourth-order valence-corrected chi connectivity index (χ4v) is 5.16. The molecule has 7 nitrogen and oxygen atoms in total. The molecule has 1 atom stereocenters. The number of likely N-dealkylation sites (tertiary alicyclic amines) is 1. The van der Waals surface area contributed by atoms with Crippen LogP contribution in [0, 0.1) is 11.8 Å². The first-order chi connectivity index (χ1) is 16.4. The van der Waals surface area contributed by atoms with Gasteiger partial charge in [-0.3, -0.25) is 19.5 Å². The van der Waals surface area contributed by atoms with Gasteiger partial charge in [0.15, 0.2) is 0 Å². The maximum atomic E-state index is 13.3. The molecule has 6 rings (SSSR count). The van der Waals surface area contributed by atoms with E-state index in [0.29, 0.717) is 6.54 Å². The zero-order chi connectivity index (χ0) is 23.4. The van der Waals surface area contributed by atoms with Gasteiger partial charge in [0.1, 0.15) is 11.4 Å². The van der Waals surface area contributed by atoms with Gasteiger partial charge in [-0.25, -0.2) is 4.79 Å². The first kappa shape index (κ1) is 21.1. The molecule has 1 spiro atoms. The summed E-state index contributed by atoms with van der Waals surface area (Å²) in [5.74, 6) is 0.642. The number of carbonyl (C=O) groups is 3. The lowest BCUT2D eigenvalue weighted by molar-refractivity contribution is -0.131. The highest BCUT2D eigenvalue weighted by molar-refractivity contribution is 6.16. The van der Waals surface area contributed by atoms with Crippen molar-refractivity contribution in [2.24, 2.45) is 16.8 Å². The van der Waals surface area contributed by atoms with E-state index in [1.165, 1.54) is 0 Å². The van der Waals surface area contributed by atoms with Gasteiger partial charge in [0.05, 0.1) is 5.56 Å². The van der Waals surface area contributed by atoms with E-state index in [9.17, 15) is 19.5 Å². The largest absolute Gasteiger partial charge is 0.478 e. The number of carboxylic acid groups (broad SMARTS) is 1. The number of rotatable bonds is 6. The Bertz CT molecular complexity index is 1210. The van der Waals surface area contributed by atoms with Gasteiger partial charge in [0.25, 0.3) is 5.91 Å². The molecule has 0 aromatic heterocycles. The van der Waals surface area contributed by atoms with Crippen LogP contribution < -0.4 is 0 Å². The van der Waals surface area contributed by atoms with E-state index in [1.54, 1.807) is 18.2 Å². The molecule has 1 N–H and O–H groups in total. The van der Waals surface area contributed by atoms with E-state index >= 15 is 0 Å². The first-order valence-electron chi connectivity index (χ1n) is 12.1. The predicted molar refractivity (Wildman–Crippen MR) is 126 cm³/mol. The molecule has 2 aromatic rings. The third-order valence-corrected chi connectivity index (χ3v) is 7.49. The van der Waals surface area contributed by atoms with Crippen LogP contribution in [-0.4, -0.2) is 63.7 Å². The summed E-state index contributed by atoms with van der Waals surface area (Å²) >= 11 is 0. The lowest BCUT2D eigenvalue weighted by Crippen LogP contribution is -2.40. The molecule has 7 heteroatoms. The van der Waals surface area contributed by atoms with Gasteiger partial charge in [0, 0.05) is 31.1 Å². The minimum absolute atomic E-state index is 0.0905. The average molecular weight is 458 g/mol. The third kappa shape index (κ3) is 3.69. The Morgan fingerprint density at radius 1 is 1.00 bits per heavy atom. The van der Waals surface area contributed by atoms with Crippen molar-refractivity contribution in [2.75, 3.05) is 19.6 Å². The monoisotopic (exact) mass is 457 g/mol. The Kier molecular flexibility index (Phi) is 4.83. The number of carbonyl (C=O) groups excluding carboxylic acids is 2. The van der Waals surface area contributed by atoms with Gasteiger partial charge < -0.3 is 10.0 Å². The molecule has 3 fully saturated rings. The molecule has 1 unspecified atom stereocenters. The third-order valence-electron chi connectivity index (χ3n) is 7.49. The average Bonchev–Trinajstić information content (AvgIpc) is 3.78. The second-order valence-corrected chi connectivity index (χ2v) is 10.1. The molecule has 2 heterocycles. The highest BCUT2D eigenvalue weighted by atomic mass is 16.4. The smallest absolute Gasteiger partial charge is 0.335 e. The van der Waals surface area contributed by atoms with Crippen LogP contribution >= 0.6 is 0 Å². The Morgan fingerprint density at radius 3 is 2.41 bits per heavy atom. The van der Waals surface area contributed by atoms with Gasteiger partial charge in [-0.1, -0.05) is 36.4 Å². The van der Waals surface area contributed by atoms with Crippen LogP contribution in [0.3, 0.4) is 0 Å². The Hall–Kier alpha value is -3.48. The lowest BCUT2D eigenvalue weighted by atomic mass is 10.0. The standard InChI is InChI=1S/C27H27N3O4/c31-24(20-8-9-20)29-13-10-17(15-29)16-30-23(28-27(11-12-27)26(30)34)19-6-4-18(5-7-19)21-2-1-3-22(14-21)25(32)33/h1-7,14,17,20H,8-13,15-16H2,(H,32,33). The number of amidine groups is 1. The van der Waals surface area contributed by atoms with Gasteiger partial charge >= 0.3 is 5.97 Å². The summed E-state index contributed by atoms with van der Waals surface area (Å²) < 4.78 is 0. The molecule has 0 radical (unpaired) electrons. The molecule has 2 aliphatic heterocycles. The number of nitrogens with zero attached hydrogens (tertiary/aromatic N) is 3. The molecule has 34 heavy (non-hydrogen) atoms. The predicted octanol–water partition coefficient (Wildman–Crippen LogP) is 3.43. The van der Waals surface area contributed by atoms with Crippen molar-refractivity contribution in [3.05, 3.63) is 59.7 Å². The maximum absolute atomic E-state index is 13.3. The van der Waals surface area contributed by atoms with E-state index in [1.807, 2.05) is 40.1 Å². The highest BCUT2D eigenvalue weighted by Gasteiger charge is 2.57. The topological polar surface area (TPSA) is 90.3 Å². The molecule has 2 amide bonds. The zero-order valence-electron chi connectivity index (χ0n) is 18.9. The van der Waals surface area contributed by atoms with E-state index in [0.717, 1.165) is 67.7 Å². The summed E-state index contributed by atoms with van der Waals surface area (Å²) in [4.78, 5) is 45.7. The van der Waals surface area contributed by atoms with Crippen LogP contribution in [0.25, 0.3) is 11.1 Å². The number of aromatic carboxylic acids is 1. The van der Waals surface area contributed by atoms with Crippen molar-refractivity contribution in [1.29, 1.82) is 0 Å². The Labute approximate surface area is 198 Å². The molecular formula is C27H27N3O4. The van der Waals surface area contributed by atoms with Gasteiger partial charge in [-0.05, 0) is 61.3 Å². The fourth-order valence-electron chi connectivity index (χ4n) is 5.16. The number of amides is 2. The second-order valence-electron chi connectivity index (χ2n) is 10.1. The number of hydrogen-bond donors (Lipinski definition) is 1. The van der Waals surface area contributed by atoms with Gasteiger partial charge in [-0.2, -0.15) is 0 Å². The van der Waals surface area contributed by atoms with E-state index in [-0.39, 0.29) is 29.2 Å². The van der Waals surface area contributed by atoms with Crippen molar-refractivity contribution in [1.82, 2.24) is 9.80 Å². The summed E-state index contributed by atoms with van der Waals surface area (Å²) in [6.07, 6.45) is 4.54. The highest BCUT2D eigenvalue weighted by Crippen LogP contribution is 2.46. The number of aliphatic imine (C=N–C) groups is 1. The molecule has 2 aromatic carbocycles. The van der Waals surface area contributed by atoms with Crippen molar-refractivity contribution in [3.8, 4) is 11.1 Å². The van der Waals surface area contributed by atoms with Crippen molar-refractivity contribution >= 4 is 23.6 Å². The molecule has 4 aliphatic rings. The minimum atomic E-state index is -0.952. The van der Waals surface area contributed by atoms with E-state index in [2.05, 4.69) is 0 Å². The molecule has 1 saturated heterocycles. The summed E-state index contributed by atoms with van der Waals surface area (Å²) in [5.41, 5.74) is 2.30. The van der Waals surface area contributed by atoms with Crippen LogP contribution in [0.4, 0.5) is 0 Å². The summed E-state index contributed by atoms with van der Waals surface area (Å²) in [6, 6.07) is 14.7. The van der Waals surface area contributed by atoms with Crippen LogP contribution in [0.2, 0.25) is 0 Å². The summed E-state index contributed by atoms with van der Waals surface area (Å²) in [7, 11) is 0. The number of benzene rings is 2. The Morgan fingerprint density at radius 2 is 1.74 bits per heavy atom. The molecular weight excluding hydrogens is 430 g/mol. The minimum Gasteiger partial charge on any atom is -0.478 e. The SMILES string of the molecule is O=C(O)c1cccc(-c2ccc(C3=NC4(CC4)C(=O)N3CC3CCN(C(=O)C4CC4)C3)cc2)c1. The van der Waals surface area contributed by atoms with E-state index < -0.39 is 11.5 Å². The summed E-state index contributed by atoms with van der Waals surface area (Å²) in [6.45, 7) is 2.10. The number of carboxylic acids is 1. The quantitative estimate of drug-likeness (QED) is 0.720. The van der Waals surface area contributed by atoms with Crippen LogP contribution in [0.1, 0.15) is 48.0 Å². The van der Waals surface area contributed by atoms with Crippen LogP contribution in [0.15, 0.2) is 53.5 Å². The zero-order valence-corrected chi connectivity index (χ0v) is 18.9. The Balaban J connectivity index is 1.21. The van der Waals surface area contributed by atoms with Crippen molar-refractivity contribution in [3.63, 3.8) is 0 Å². The van der Waals surface area contributed by atoms with Crippen molar-refractivity contribution < 1.29 is 19.5 Å². The molecule has 0 bridgehead atoms. The molecule has 174 valence electrons. The van der Waals surface area contributed by atoms with Gasteiger partial charge in [0.2, 0.25) is 5.91 Å². The van der Waals surface area contributed by atoms with E-state index in [4.69, 9.17) is 4.99 Å². The molecule has 2 aliphatic carbocycles. The second kappa shape index (κ2) is 7.79. The van der Waals surface area contributed by atoms with Gasteiger partial charge in [-0.15, -0.1) is 0 Å². The maximum Gasteiger partial charge on any atom is 0.335 e. The fraction of sp³-hybridized carbons (Fsp3) is 0.407. The normalized spacial score (nSPS) is 22.9. The van der Waals surface area contributed by atoms with Crippen LogP contribution in [0.5, 0.6) is 0 Å². The van der Waals surface area contributed by atoms with Crippen molar-refractivity contribution in [2.45, 2.75) is 37.6 Å². The summed E-state index contributed by atoms with van der Waals surface area (Å²) in [5, 5.41) is 9.27. The lowest BCUT2D eigenvalue weighted by Gasteiger charge is -2.23. The number of hydrogen-bond acceptors (Lipinski definition) is 4.